The zero-order valence-corrected chi connectivity index (χ0v) is 15.2. The van der Waals surface area contributed by atoms with E-state index in [0.29, 0.717) is 5.56 Å². The average molecular weight is 362 g/mol. The first kappa shape index (κ1) is 18.6. The van der Waals surface area contributed by atoms with E-state index in [2.05, 4.69) is 5.32 Å². The number of amides is 1. The smallest absolute Gasteiger partial charge is 0.339 e. The molecule has 0 aliphatic heterocycles. The molecule has 1 heterocycles. The minimum Gasteiger partial charge on any atom is -0.452 e. The van der Waals surface area contributed by atoms with Gasteiger partial charge in [-0.25, -0.2) is 4.79 Å². The van der Waals surface area contributed by atoms with Crippen LogP contribution in [0, 0.1) is 37.8 Å². The highest BCUT2D eigenvalue weighted by Crippen LogP contribution is 2.28. The molecule has 25 heavy (non-hydrogen) atoms. The van der Waals surface area contributed by atoms with E-state index in [4.69, 9.17) is 4.74 Å². The van der Waals surface area contributed by atoms with E-state index in [1.165, 1.54) is 23.5 Å². The Bertz CT molecular complexity index is 857. The van der Waals surface area contributed by atoms with Gasteiger partial charge in [-0.1, -0.05) is 0 Å². The van der Waals surface area contributed by atoms with Crippen LogP contribution in [0.3, 0.4) is 0 Å². The van der Waals surface area contributed by atoms with E-state index in [9.17, 15) is 19.7 Å². The van der Waals surface area contributed by atoms with Crippen molar-refractivity contribution in [1.82, 2.24) is 0 Å². The largest absolute Gasteiger partial charge is 0.452 e. The van der Waals surface area contributed by atoms with Crippen molar-refractivity contribution in [2.75, 3.05) is 11.9 Å². The topological polar surface area (TPSA) is 98.5 Å². The van der Waals surface area contributed by atoms with E-state index >= 15 is 0 Å². The fourth-order valence-corrected chi connectivity index (χ4v) is 3.19. The molecule has 1 N–H and O–H groups in total. The molecule has 1 aromatic heterocycles. The van der Waals surface area contributed by atoms with Gasteiger partial charge in [0, 0.05) is 15.8 Å². The number of hydrogen-bond acceptors (Lipinski definition) is 6. The fraction of sp³-hybridized carbons (Fsp3) is 0.294. The maximum absolute atomic E-state index is 12.0. The lowest BCUT2D eigenvalue weighted by Gasteiger charge is -2.09. The number of rotatable bonds is 5. The zero-order chi connectivity index (χ0) is 18.7. The van der Waals surface area contributed by atoms with Gasteiger partial charge in [0.15, 0.2) is 6.61 Å². The summed E-state index contributed by atoms with van der Waals surface area (Å²) >= 11 is 1.47. The molecule has 2 rings (SSSR count). The van der Waals surface area contributed by atoms with Crippen LogP contribution in [0.15, 0.2) is 18.2 Å². The minimum absolute atomic E-state index is 0.0803. The number of benzene rings is 1. The van der Waals surface area contributed by atoms with Crippen LogP contribution in [0.4, 0.5) is 11.4 Å². The molecule has 0 spiro atoms. The molecule has 1 amide bonds. The second kappa shape index (κ2) is 7.43. The van der Waals surface area contributed by atoms with Gasteiger partial charge in [0.05, 0.1) is 10.5 Å². The first-order valence-corrected chi connectivity index (χ1v) is 8.30. The molecule has 0 radical (unpaired) electrons. The summed E-state index contributed by atoms with van der Waals surface area (Å²) in [6.45, 7) is 6.70. The van der Waals surface area contributed by atoms with Crippen LogP contribution in [0.2, 0.25) is 0 Å². The van der Waals surface area contributed by atoms with E-state index in [0.717, 1.165) is 20.9 Å². The molecule has 0 saturated heterocycles. The van der Waals surface area contributed by atoms with Gasteiger partial charge < -0.3 is 10.1 Å². The first-order valence-electron chi connectivity index (χ1n) is 7.48. The number of anilines is 1. The molecule has 0 saturated carbocycles. The third kappa shape index (κ3) is 4.42. The van der Waals surface area contributed by atoms with Crippen molar-refractivity contribution in [3.8, 4) is 0 Å². The standard InChI is InChI=1S/C17H18N2O5S/c1-9-5-14(15(19(22)23)6-10(9)2)18-16(20)8-24-17(21)13-7-11(3)25-12(13)4/h5-7H,8H2,1-4H3,(H,18,20). The van der Waals surface area contributed by atoms with Crippen LogP contribution in [-0.2, 0) is 9.53 Å². The maximum atomic E-state index is 12.0. The Kier molecular flexibility index (Phi) is 5.53. The van der Waals surface area contributed by atoms with E-state index in [-0.39, 0.29) is 11.4 Å². The van der Waals surface area contributed by atoms with E-state index < -0.39 is 23.4 Å². The zero-order valence-electron chi connectivity index (χ0n) is 14.3. The van der Waals surface area contributed by atoms with Crippen LogP contribution in [0.5, 0.6) is 0 Å². The maximum Gasteiger partial charge on any atom is 0.339 e. The normalized spacial score (nSPS) is 10.4. The molecule has 0 bridgehead atoms. The molecule has 0 aliphatic rings. The lowest BCUT2D eigenvalue weighted by molar-refractivity contribution is -0.384. The molecule has 0 unspecified atom stereocenters. The quantitative estimate of drug-likeness (QED) is 0.497. The Morgan fingerprint density at radius 2 is 1.80 bits per heavy atom. The second-order valence-corrected chi connectivity index (χ2v) is 7.12. The number of carbonyl (C=O) groups is 2. The molecule has 1 aromatic carbocycles. The van der Waals surface area contributed by atoms with Crippen molar-refractivity contribution in [1.29, 1.82) is 0 Å². The predicted molar refractivity (Wildman–Crippen MR) is 95.3 cm³/mol. The van der Waals surface area contributed by atoms with Gasteiger partial charge in [0.2, 0.25) is 0 Å². The average Bonchev–Trinajstić information content (AvgIpc) is 2.86. The van der Waals surface area contributed by atoms with Crippen LogP contribution >= 0.6 is 11.3 Å². The fourth-order valence-electron chi connectivity index (χ4n) is 2.28. The Balaban J connectivity index is 2.06. The Morgan fingerprint density at radius 1 is 1.16 bits per heavy atom. The predicted octanol–water partition coefficient (Wildman–Crippen LogP) is 3.69. The van der Waals surface area contributed by atoms with Gasteiger partial charge in [-0.15, -0.1) is 11.3 Å². The summed E-state index contributed by atoms with van der Waals surface area (Å²) < 4.78 is 5.00. The third-order valence-corrected chi connectivity index (χ3v) is 4.64. The highest BCUT2D eigenvalue weighted by Gasteiger charge is 2.19. The minimum atomic E-state index is -0.635. The van der Waals surface area contributed by atoms with Gasteiger partial charge in [0.25, 0.3) is 11.6 Å². The summed E-state index contributed by atoms with van der Waals surface area (Å²) in [5.74, 6) is -1.23. The molecule has 7 nitrogen and oxygen atoms in total. The van der Waals surface area contributed by atoms with Gasteiger partial charge in [-0.2, -0.15) is 0 Å². The Hall–Kier alpha value is -2.74. The number of esters is 1. The summed E-state index contributed by atoms with van der Waals surface area (Å²) in [6, 6.07) is 4.63. The molecule has 0 atom stereocenters. The summed E-state index contributed by atoms with van der Waals surface area (Å²) in [5.41, 5.74) is 1.86. The SMILES string of the molecule is Cc1cc(C(=O)OCC(=O)Nc2cc(C)c(C)cc2[N+](=O)[O-])c(C)s1. The lowest BCUT2D eigenvalue weighted by Crippen LogP contribution is -2.21. The van der Waals surface area contributed by atoms with Crippen molar-refractivity contribution in [3.05, 3.63) is 54.8 Å². The molecule has 0 aliphatic carbocycles. The number of nitro groups is 1. The van der Waals surface area contributed by atoms with Crippen LogP contribution in [-0.4, -0.2) is 23.4 Å². The Labute approximate surface area is 148 Å². The van der Waals surface area contributed by atoms with Gasteiger partial charge in [-0.05, 0) is 51.0 Å². The van der Waals surface area contributed by atoms with Crippen molar-refractivity contribution in [2.45, 2.75) is 27.7 Å². The number of nitrogens with zero attached hydrogens (tertiary/aromatic N) is 1. The monoisotopic (exact) mass is 362 g/mol. The molecule has 0 fully saturated rings. The van der Waals surface area contributed by atoms with Crippen molar-refractivity contribution in [3.63, 3.8) is 0 Å². The highest BCUT2D eigenvalue weighted by molar-refractivity contribution is 7.12. The molecule has 8 heteroatoms. The van der Waals surface area contributed by atoms with Crippen LogP contribution in [0.25, 0.3) is 0 Å². The number of aryl methyl sites for hydroxylation is 4. The molecular formula is C17H18N2O5S. The number of thiophene rings is 1. The summed E-state index contributed by atoms with van der Waals surface area (Å²) in [6.07, 6.45) is 0. The number of hydrogen-bond donors (Lipinski definition) is 1. The molecular weight excluding hydrogens is 344 g/mol. The van der Waals surface area contributed by atoms with Crippen LogP contribution < -0.4 is 5.32 Å². The first-order chi connectivity index (χ1) is 11.7. The lowest BCUT2D eigenvalue weighted by atomic mass is 10.1. The molecule has 2 aromatic rings. The number of ether oxygens (including phenoxy) is 1. The number of nitrogens with one attached hydrogen (secondary N) is 1. The number of nitro benzene ring substituents is 1. The van der Waals surface area contributed by atoms with Crippen LogP contribution in [0.1, 0.15) is 31.2 Å². The Morgan fingerprint density at radius 3 is 2.36 bits per heavy atom. The summed E-state index contributed by atoms with van der Waals surface area (Å²) in [5, 5.41) is 13.6. The summed E-state index contributed by atoms with van der Waals surface area (Å²) in [7, 11) is 0. The molecule has 132 valence electrons. The summed E-state index contributed by atoms with van der Waals surface area (Å²) in [4.78, 5) is 36.4. The number of carbonyl (C=O) groups excluding carboxylic acids is 2. The van der Waals surface area contributed by atoms with E-state index in [1.807, 2.05) is 6.92 Å². The second-order valence-electron chi connectivity index (χ2n) is 5.66. The van der Waals surface area contributed by atoms with Gasteiger partial charge in [0.1, 0.15) is 5.69 Å². The van der Waals surface area contributed by atoms with Crippen molar-refractivity contribution >= 4 is 34.6 Å². The van der Waals surface area contributed by atoms with Crippen molar-refractivity contribution < 1.29 is 19.2 Å². The van der Waals surface area contributed by atoms with Gasteiger partial charge in [-0.3, -0.25) is 14.9 Å². The third-order valence-electron chi connectivity index (χ3n) is 3.68. The van der Waals surface area contributed by atoms with E-state index in [1.54, 1.807) is 26.8 Å². The van der Waals surface area contributed by atoms with Crippen molar-refractivity contribution in [2.24, 2.45) is 0 Å². The highest BCUT2D eigenvalue weighted by atomic mass is 32.1. The van der Waals surface area contributed by atoms with Gasteiger partial charge >= 0.3 is 5.97 Å².